The van der Waals surface area contributed by atoms with Gasteiger partial charge in [-0.25, -0.2) is 0 Å². The quantitative estimate of drug-likeness (QED) is 0.318. The molecule has 36 heavy (non-hydrogen) atoms. The molecule has 0 aliphatic carbocycles. The summed E-state index contributed by atoms with van der Waals surface area (Å²) >= 11 is 0. The van der Waals surface area contributed by atoms with Gasteiger partial charge in [0.1, 0.15) is 12.6 Å². The first-order chi connectivity index (χ1) is 17.3. The number of nitrogens with one attached hydrogen (secondary N) is 3. The predicted octanol–water partition coefficient (Wildman–Crippen LogP) is 1.46. The molecule has 1 aliphatic heterocycles. The smallest absolute Gasteiger partial charge is 0.322 e. The number of rotatable bonds is 10. The molecule has 3 amide bonds. The topological polar surface area (TPSA) is 137 Å². The minimum atomic E-state index is -1.20. The van der Waals surface area contributed by atoms with E-state index in [1.807, 2.05) is 73.7 Å². The number of fused-ring (bicyclic) bond motifs is 1. The van der Waals surface area contributed by atoms with Crippen LogP contribution in [0.15, 0.2) is 66.7 Å². The molecule has 0 spiro atoms. The first-order valence-corrected chi connectivity index (χ1v) is 11.6. The molecule has 3 unspecified atom stereocenters. The SMILES string of the molecule is Cc1ccc(CC(NC(=O)C2OC2C(=O)NCC(=O)O)C(=O)NCc2ccc3ccccc3c2)cc1. The van der Waals surface area contributed by atoms with Crippen LogP contribution in [0.1, 0.15) is 16.7 Å². The molecule has 186 valence electrons. The largest absolute Gasteiger partial charge is 0.480 e. The Bertz CT molecular complexity index is 1290. The summed E-state index contributed by atoms with van der Waals surface area (Å²) in [5.74, 6) is -2.87. The lowest BCUT2D eigenvalue weighted by Gasteiger charge is -2.19. The Morgan fingerprint density at radius 1 is 0.861 bits per heavy atom. The number of epoxide rings is 1. The third kappa shape index (κ3) is 6.45. The van der Waals surface area contributed by atoms with Crippen LogP contribution < -0.4 is 16.0 Å². The van der Waals surface area contributed by atoms with Gasteiger partial charge in [0.15, 0.2) is 12.2 Å². The maximum atomic E-state index is 13.1. The number of ether oxygens (including phenoxy) is 1. The zero-order valence-electron chi connectivity index (χ0n) is 19.7. The van der Waals surface area contributed by atoms with Gasteiger partial charge in [0.2, 0.25) is 5.91 Å². The normalized spacial score (nSPS) is 17.1. The van der Waals surface area contributed by atoms with Crippen molar-refractivity contribution in [1.29, 1.82) is 0 Å². The molecule has 9 heteroatoms. The number of amides is 3. The second kappa shape index (κ2) is 11.0. The van der Waals surface area contributed by atoms with Crippen LogP contribution in [0.25, 0.3) is 10.8 Å². The van der Waals surface area contributed by atoms with Gasteiger partial charge in [0.25, 0.3) is 11.8 Å². The molecule has 0 bridgehead atoms. The lowest BCUT2D eigenvalue weighted by Crippen LogP contribution is -2.49. The molecule has 4 rings (SSSR count). The van der Waals surface area contributed by atoms with Gasteiger partial charge in [-0.15, -0.1) is 0 Å². The van der Waals surface area contributed by atoms with Crippen LogP contribution in [0.4, 0.5) is 0 Å². The number of hydrogen-bond acceptors (Lipinski definition) is 5. The van der Waals surface area contributed by atoms with Crippen molar-refractivity contribution in [3.63, 3.8) is 0 Å². The Labute approximate surface area is 207 Å². The number of aryl methyl sites for hydroxylation is 1. The standard InChI is InChI=1S/C27H27N3O6/c1-16-6-8-17(9-7-16)13-21(30-27(35)24-23(36-24)26(34)29-15-22(31)32)25(33)28-14-18-10-11-19-4-2-3-5-20(19)12-18/h2-12,21,23-24H,13-15H2,1H3,(H,28,33)(H,29,34)(H,30,35)(H,31,32). The van der Waals surface area contributed by atoms with Crippen LogP contribution in [0.2, 0.25) is 0 Å². The molecule has 1 fully saturated rings. The van der Waals surface area contributed by atoms with Crippen LogP contribution in [0.5, 0.6) is 0 Å². The minimum Gasteiger partial charge on any atom is -0.480 e. The van der Waals surface area contributed by atoms with E-state index >= 15 is 0 Å². The number of aliphatic carboxylic acids is 1. The summed E-state index contributed by atoms with van der Waals surface area (Å²) in [4.78, 5) is 48.4. The summed E-state index contributed by atoms with van der Waals surface area (Å²) in [5, 5.41) is 18.6. The third-order valence-corrected chi connectivity index (χ3v) is 5.90. The van der Waals surface area contributed by atoms with Gasteiger partial charge in [0, 0.05) is 13.0 Å². The highest BCUT2D eigenvalue weighted by Gasteiger charge is 2.51. The number of hydrogen-bond donors (Lipinski definition) is 4. The fourth-order valence-corrected chi connectivity index (χ4v) is 3.86. The van der Waals surface area contributed by atoms with Crippen molar-refractivity contribution in [1.82, 2.24) is 16.0 Å². The van der Waals surface area contributed by atoms with Gasteiger partial charge in [-0.1, -0.05) is 66.2 Å². The molecule has 0 saturated carbocycles. The highest BCUT2D eigenvalue weighted by atomic mass is 16.6. The summed E-state index contributed by atoms with van der Waals surface area (Å²) < 4.78 is 5.14. The van der Waals surface area contributed by atoms with Gasteiger partial charge in [0.05, 0.1) is 0 Å². The number of carbonyl (C=O) groups excluding carboxylic acids is 3. The van der Waals surface area contributed by atoms with Crippen molar-refractivity contribution in [3.05, 3.63) is 83.4 Å². The second-order valence-electron chi connectivity index (χ2n) is 8.74. The van der Waals surface area contributed by atoms with Crippen molar-refractivity contribution in [2.45, 2.75) is 38.1 Å². The Hall–Kier alpha value is -4.24. The van der Waals surface area contributed by atoms with Crippen molar-refractivity contribution in [2.24, 2.45) is 0 Å². The van der Waals surface area contributed by atoms with Gasteiger partial charge in [-0.05, 0) is 34.9 Å². The fraction of sp³-hybridized carbons (Fsp3) is 0.259. The molecule has 1 heterocycles. The number of carboxylic acids is 1. The zero-order valence-corrected chi connectivity index (χ0v) is 19.7. The van der Waals surface area contributed by atoms with Crippen molar-refractivity contribution < 1.29 is 29.0 Å². The van der Waals surface area contributed by atoms with Crippen LogP contribution >= 0.6 is 0 Å². The van der Waals surface area contributed by atoms with E-state index in [4.69, 9.17) is 9.84 Å². The highest BCUT2D eigenvalue weighted by molar-refractivity contribution is 5.97. The number of carboxylic acid groups (broad SMARTS) is 1. The van der Waals surface area contributed by atoms with Crippen molar-refractivity contribution in [2.75, 3.05) is 6.54 Å². The summed E-state index contributed by atoms with van der Waals surface area (Å²) in [6, 6.07) is 20.6. The molecule has 0 aromatic heterocycles. The Kier molecular flexibility index (Phi) is 7.60. The van der Waals surface area contributed by atoms with Crippen LogP contribution in [0.3, 0.4) is 0 Å². The van der Waals surface area contributed by atoms with Crippen LogP contribution in [0, 0.1) is 6.92 Å². The van der Waals surface area contributed by atoms with E-state index < -0.39 is 42.6 Å². The van der Waals surface area contributed by atoms with Crippen molar-refractivity contribution >= 4 is 34.5 Å². The van der Waals surface area contributed by atoms with E-state index in [1.165, 1.54) is 0 Å². The lowest BCUT2D eigenvalue weighted by atomic mass is 10.0. The highest BCUT2D eigenvalue weighted by Crippen LogP contribution is 2.23. The molecule has 1 saturated heterocycles. The summed E-state index contributed by atoms with van der Waals surface area (Å²) in [7, 11) is 0. The Morgan fingerprint density at radius 2 is 1.53 bits per heavy atom. The average Bonchev–Trinajstić information content (AvgIpc) is 3.68. The van der Waals surface area contributed by atoms with Gasteiger partial charge < -0.3 is 25.8 Å². The first-order valence-electron chi connectivity index (χ1n) is 11.6. The zero-order chi connectivity index (χ0) is 25.7. The van der Waals surface area contributed by atoms with E-state index in [0.29, 0.717) is 0 Å². The van der Waals surface area contributed by atoms with E-state index in [9.17, 15) is 19.2 Å². The molecule has 9 nitrogen and oxygen atoms in total. The summed E-state index contributed by atoms with van der Waals surface area (Å²) in [6.45, 7) is 1.67. The number of carbonyl (C=O) groups is 4. The van der Waals surface area contributed by atoms with Gasteiger partial charge in [-0.3, -0.25) is 19.2 Å². The average molecular weight is 490 g/mol. The van der Waals surface area contributed by atoms with Crippen LogP contribution in [-0.2, 0) is 36.9 Å². The molecule has 3 atom stereocenters. The van der Waals surface area contributed by atoms with Crippen LogP contribution in [-0.4, -0.2) is 53.6 Å². The van der Waals surface area contributed by atoms with Gasteiger partial charge in [-0.2, -0.15) is 0 Å². The maximum absolute atomic E-state index is 13.1. The Balaban J connectivity index is 1.40. The minimum absolute atomic E-state index is 0.248. The second-order valence-corrected chi connectivity index (χ2v) is 8.74. The van der Waals surface area contributed by atoms with E-state index in [1.54, 1.807) is 0 Å². The van der Waals surface area contributed by atoms with E-state index in [0.717, 1.165) is 27.5 Å². The summed E-state index contributed by atoms with van der Waals surface area (Å²) in [5.41, 5.74) is 2.85. The van der Waals surface area contributed by atoms with Gasteiger partial charge >= 0.3 is 5.97 Å². The molecule has 0 radical (unpaired) electrons. The molecule has 4 N–H and O–H groups in total. The predicted molar refractivity (Wildman–Crippen MR) is 132 cm³/mol. The third-order valence-electron chi connectivity index (χ3n) is 5.90. The van der Waals surface area contributed by atoms with E-state index in [2.05, 4.69) is 16.0 Å². The van der Waals surface area contributed by atoms with Crippen molar-refractivity contribution in [3.8, 4) is 0 Å². The molecular formula is C27H27N3O6. The molecule has 1 aliphatic rings. The maximum Gasteiger partial charge on any atom is 0.322 e. The number of benzene rings is 3. The van der Waals surface area contributed by atoms with E-state index in [-0.39, 0.29) is 18.9 Å². The summed E-state index contributed by atoms with van der Waals surface area (Å²) in [6.07, 6.45) is -1.91. The Morgan fingerprint density at radius 3 is 2.25 bits per heavy atom. The lowest BCUT2D eigenvalue weighted by molar-refractivity contribution is -0.138. The fourth-order valence-electron chi connectivity index (χ4n) is 3.86. The first kappa shape index (κ1) is 24.9. The molecule has 3 aromatic rings. The monoisotopic (exact) mass is 489 g/mol. The molecule has 3 aromatic carbocycles. The molecular weight excluding hydrogens is 462 g/mol.